The summed E-state index contributed by atoms with van der Waals surface area (Å²) in [5, 5.41) is 6.15. The fraction of sp³-hybridized carbons (Fsp3) is 0.286. The summed E-state index contributed by atoms with van der Waals surface area (Å²) in [5.41, 5.74) is 4.40. The van der Waals surface area contributed by atoms with Crippen LogP contribution < -0.4 is 25.0 Å². The molecule has 0 spiro atoms. The standard InChI is InChI=1S/C28H34N8O3/c1-8-26(37)30-21-16-22(25(39-7)17-24(21)35(4)14-13-34(2)3)33-28-29-12-11-19(32-28)27-31-20-15-18(38-6)9-10-23(20)36(27)5/h8-12,15-17H,1,13-14H2,2-7H3,(H,30,37)(H,29,32,33). The minimum absolute atomic E-state index is 0.315. The first-order chi connectivity index (χ1) is 18.7. The molecule has 0 bridgehead atoms. The topological polar surface area (TPSA) is 110 Å². The van der Waals surface area contributed by atoms with Gasteiger partial charge < -0.3 is 34.5 Å². The van der Waals surface area contributed by atoms with Gasteiger partial charge in [-0.05, 0) is 44.4 Å². The number of nitrogens with one attached hydrogen (secondary N) is 2. The molecule has 0 saturated heterocycles. The van der Waals surface area contributed by atoms with Crippen molar-refractivity contribution in [2.24, 2.45) is 7.05 Å². The van der Waals surface area contributed by atoms with Crippen molar-refractivity contribution < 1.29 is 14.3 Å². The molecule has 2 N–H and O–H groups in total. The lowest BCUT2D eigenvalue weighted by Gasteiger charge is -2.26. The highest BCUT2D eigenvalue weighted by molar-refractivity contribution is 6.02. The predicted molar refractivity (Wildman–Crippen MR) is 155 cm³/mol. The summed E-state index contributed by atoms with van der Waals surface area (Å²) in [6, 6.07) is 11.2. The minimum Gasteiger partial charge on any atom is -0.497 e. The van der Waals surface area contributed by atoms with Crippen LogP contribution in [0.1, 0.15) is 0 Å². The zero-order valence-electron chi connectivity index (χ0n) is 23.1. The third kappa shape index (κ3) is 6.10. The van der Waals surface area contributed by atoms with Gasteiger partial charge in [0.05, 0.1) is 42.3 Å². The Kier molecular flexibility index (Phi) is 8.30. The minimum atomic E-state index is -0.315. The van der Waals surface area contributed by atoms with Crippen molar-refractivity contribution in [1.29, 1.82) is 0 Å². The Labute approximate surface area is 228 Å². The van der Waals surface area contributed by atoms with E-state index in [2.05, 4.69) is 32.0 Å². The largest absolute Gasteiger partial charge is 0.497 e. The van der Waals surface area contributed by atoms with E-state index in [1.54, 1.807) is 32.5 Å². The first-order valence-electron chi connectivity index (χ1n) is 12.4. The number of methoxy groups -OCH3 is 2. The van der Waals surface area contributed by atoms with Crippen molar-refractivity contribution in [1.82, 2.24) is 24.4 Å². The Morgan fingerprint density at radius 3 is 2.54 bits per heavy atom. The molecule has 11 nitrogen and oxygen atoms in total. The zero-order chi connectivity index (χ0) is 28.1. The molecule has 0 aliphatic carbocycles. The molecule has 0 saturated carbocycles. The average molecular weight is 531 g/mol. The first kappa shape index (κ1) is 27.4. The van der Waals surface area contributed by atoms with E-state index in [0.29, 0.717) is 34.6 Å². The normalized spacial score (nSPS) is 10.9. The molecule has 4 rings (SSSR count). The zero-order valence-corrected chi connectivity index (χ0v) is 23.1. The number of likely N-dealkylation sites (N-methyl/N-ethyl adjacent to an activating group) is 2. The Morgan fingerprint density at radius 1 is 1.05 bits per heavy atom. The number of benzene rings is 2. The maximum absolute atomic E-state index is 12.2. The number of ether oxygens (including phenoxy) is 2. The number of aryl methyl sites for hydroxylation is 1. The third-order valence-corrected chi connectivity index (χ3v) is 6.27. The maximum atomic E-state index is 12.2. The second-order valence-corrected chi connectivity index (χ2v) is 9.23. The van der Waals surface area contributed by atoms with E-state index in [-0.39, 0.29) is 5.91 Å². The highest BCUT2D eigenvalue weighted by atomic mass is 16.5. The van der Waals surface area contributed by atoms with Crippen LogP contribution in [0.5, 0.6) is 11.5 Å². The summed E-state index contributed by atoms with van der Waals surface area (Å²) in [7, 11) is 11.2. The molecule has 39 heavy (non-hydrogen) atoms. The highest BCUT2D eigenvalue weighted by Crippen LogP contribution is 2.38. The van der Waals surface area contributed by atoms with Gasteiger partial charge in [-0.15, -0.1) is 0 Å². The molecule has 0 fully saturated rings. The van der Waals surface area contributed by atoms with E-state index in [4.69, 9.17) is 19.4 Å². The number of carbonyl (C=O) groups excluding carboxylic acids is 1. The lowest BCUT2D eigenvalue weighted by Crippen LogP contribution is -2.29. The van der Waals surface area contributed by atoms with Gasteiger partial charge >= 0.3 is 0 Å². The fourth-order valence-corrected chi connectivity index (χ4v) is 4.11. The summed E-state index contributed by atoms with van der Waals surface area (Å²) in [5.74, 6) is 2.03. The molecule has 0 unspecified atom stereocenters. The number of fused-ring (bicyclic) bond motifs is 1. The predicted octanol–water partition coefficient (Wildman–Crippen LogP) is 3.91. The molecule has 11 heteroatoms. The SMILES string of the molecule is C=CC(=O)Nc1cc(Nc2nccc(-c3nc4cc(OC)ccc4n3C)n2)c(OC)cc1N(C)CCN(C)C. The van der Waals surface area contributed by atoms with Crippen LogP contribution in [0.3, 0.4) is 0 Å². The Bertz CT molecular complexity index is 1500. The number of carbonyl (C=O) groups is 1. The lowest BCUT2D eigenvalue weighted by atomic mass is 10.2. The molecule has 1 amide bonds. The van der Waals surface area contributed by atoms with Crippen LogP contribution in [-0.2, 0) is 11.8 Å². The van der Waals surface area contributed by atoms with Crippen LogP contribution in [-0.4, -0.2) is 78.8 Å². The molecule has 2 heterocycles. The number of hydrogen-bond acceptors (Lipinski definition) is 9. The van der Waals surface area contributed by atoms with Gasteiger partial charge in [0.15, 0.2) is 5.82 Å². The van der Waals surface area contributed by atoms with E-state index >= 15 is 0 Å². The van der Waals surface area contributed by atoms with Gasteiger partial charge in [0, 0.05) is 45.5 Å². The van der Waals surface area contributed by atoms with Gasteiger partial charge in [-0.3, -0.25) is 4.79 Å². The molecule has 2 aromatic carbocycles. The number of nitrogens with zero attached hydrogens (tertiary/aromatic N) is 6. The van der Waals surface area contributed by atoms with Crippen LogP contribution in [0.2, 0.25) is 0 Å². The number of anilines is 4. The molecular weight excluding hydrogens is 496 g/mol. The number of imidazole rings is 1. The summed E-state index contributed by atoms with van der Waals surface area (Å²) in [6.07, 6.45) is 2.90. The molecule has 2 aromatic heterocycles. The molecule has 0 radical (unpaired) electrons. The first-order valence-corrected chi connectivity index (χ1v) is 12.4. The van der Waals surface area contributed by atoms with E-state index in [0.717, 1.165) is 35.6 Å². The van der Waals surface area contributed by atoms with Crippen molar-refractivity contribution in [3.05, 3.63) is 55.3 Å². The molecule has 204 valence electrons. The number of hydrogen-bond donors (Lipinski definition) is 2. The lowest BCUT2D eigenvalue weighted by molar-refractivity contribution is -0.111. The van der Waals surface area contributed by atoms with Gasteiger partial charge in [0.1, 0.15) is 17.2 Å². The quantitative estimate of drug-likeness (QED) is 0.279. The van der Waals surface area contributed by atoms with Crippen molar-refractivity contribution >= 4 is 40.0 Å². The number of rotatable bonds is 11. The molecule has 0 atom stereocenters. The average Bonchev–Trinajstić information content (AvgIpc) is 3.27. The smallest absolute Gasteiger partial charge is 0.247 e. The van der Waals surface area contributed by atoms with E-state index in [1.165, 1.54) is 6.08 Å². The number of aromatic nitrogens is 4. The molecular formula is C28H34N8O3. The highest BCUT2D eigenvalue weighted by Gasteiger charge is 2.18. The van der Waals surface area contributed by atoms with Gasteiger partial charge in [0.2, 0.25) is 11.9 Å². The molecule has 0 aliphatic rings. The molecule has 0 aliphatic heterocycles. The van der Waals surface area contributed by atoms with Gasteiger partial charge in [-0.25, -0.2) is 15.0 Å². The van der Waals surface area contributed by atoms with Crippen molar-refractivity contribution in [2.45, 2.75) is 0 Å². The van der Waals surface area contributed by atoms with Crippen molar-refractivity contribution in [3.8, 4) is 23.0 Å². The van der Waals surface area contributed by atoms with Crippen LogP contribution in [0.15, 0.2) is 55.3 Å². The summed E-state index contributed by atoms with van der Waals surface area (Å²) in [6.45, 7) is 5.16. The second kappa shape index (κ2) is 11.8. The third-order valence-electron chi connectivity index (χ3n) is 6.27. The van der Waals surface area contributed by atoms with Crippen molar-refractivity contribution in [3.63, 3.8) is 0 Å². The van der Waals surface area contributed by atoms with Crippen LogP contribution in [0.25, 0.3) is 22.6 Å². The Morgan fingerprint density at radius 2 is 1.85 bits per heavy atom. The van der Waals surface area contributed by atoms with Crippen LogP contribution >= 0.6 is 0 Å². The van der Waals surface area contributed by atoms with Crippen LogP contribution in [0.4, 0.5) is 23.0 Å². The van der Waals surface area contributed by atoms with Gasteiger partial charge in [0.25, 0.3) is 0 Å². The Balaban J connectivity index is 1.70. The summed E-state index contributed by atoms with van der Waals surface area (Å²) in [4.78, 5) is 30.3. The number of amides is 1. The maximum Gasteiger partial charge on any atom is 0.247 e. The van der Waals surface area contributed by atoms with Crippen molar-refractivity contribution in [2.75, 3.05) is 64.0 Å². The summed E-state index contributed by atoms with van der Waals surface area (Å²) < 4.78 is 13.0. The fourth-order valence-electron chi connectivity index (χ4n) is 4.11. The van der Waals surface area contributed by atoms with E-state index in [1.807, 2.05) is 57.0 Å². The van der Waals surface area contributed by atoms with E-state index in [9.17, 15) is 4.79 Å². The second-order valence-electron chi connectivity index (χ2n) is 9.23. The Hall–Kier alpha value is -4.64. The van der Waals surface area contributed by atoms with E-state index < -0.39 is 0 Å². The summed E-state index contributed by atoms with van der Waals surface area (Å²) >= 11 is 0. The van der Waals surface area contributed by atoms with Gasteiger partial charge in [-0.2, -0.15) is 0 Å². The molecule has 4 aromatic rings. The van der Waals surface area contributed by atoms with Gasteiger partial charge in [-0.1, -0.05) is 6.58 Å². The monoisotopic (exact) mass is 530 g/mol. The van der Waals surface area contributed by atoms with Crippen LogP contribution in [0, 0.1) is 0 Å².